The van der Waals surface area contributed by atoms with Crippen LogP contribution in [0.2, 0.25) is 0 Å². The van der Waals surface area contributed by atoms with Crippen molar-refractivity contribution in [2.24, 2.45) is 0 Å². The Balaban J connectivity index is 2.92. The van der Waals surface area contributed by atoms with Crippen molar-refractivity contribution < 1.29 is 23.1 Å². The molecule has 21 heavy (non-hydrogen) atoms. The molecule has 0 fully saturated rings. The number of rotatable bonds is 6. The summed E-state index contributed by atoms with van der Waals surface area (Å²) in [7, 11) is -2.12. The maximum Gasteiger partial charge on any atom is 0.322 e. The Morgan fingerprint density at radius 1 is 1.24 bits per heavy atom. The van der Waals surface area contributed by atoms with Gasteiger partial charge in [-0.3, -0.25) is 9.59 Å². The van der Waals surface area contributed by atoms with Crippen molar-refractivity contribution in [3.8, 4) is 0 Å². The number of nitrogens with zero attached hydrogens (tertiary/aromatic N) is 1. The van der Waals surface area contributed by atoms with Crippen LogP contribution in [0.3, 0.4) is 0 Å². The number of carboxylic acids is 1. The molecule has 1 amide bonds. The minimum Gasteiger partial charge on any atom is -0.480 e. The summed E-state index contributed by atoms with van der Waals surface area (Å²) in [5.74, 6) is -1.72. The first kappa shape index (κ1) is 17.1. The molecule has 0 heterocycles. The maximum absolute atomic E-state index is 12.2. The standard InChI is InChI=1S/C13H18N2O5S/c1-9(2)15(3)21(19,20)11-6-4-10(5-7-11)13(18)14-8-12(16)17/h4-7,9H,8H2,1-3H3,(H,14,18)(H,16,17). The molecular weight excluding hydrogens is 296 g/mol. The molecule has 0 aliphatic carbocycles. The van der Waals surface area contributed by atoms with Crippen LogP contribution in [0.4, 0.5) is 0 Å². The van der Waals surface area contributed by atoms with Crippen LogP contribution >= 0.6 is 0 Å². The summed E-state index contributed by atoms with van der Waals surface area (Å²) in [4.78, 5) is 22.1. The summed E-state index contributed by atoms with van der Waals surface area (Å²) in [5.41, 5.74) is 0.197. The van der Waals surface area contributed by atoms with Crippen molar-refractivity contribution in [1.82, 2.24) is 9.62 Å². The van der Waals surface area contributed by atoms with Crippen molar-refractivity contribution in [2.45, 2.75) is 24.8 Å². The highest BCUT2D eigenvalue weighted by atomic mass is 32.2. The van der Waals surface area contributed by atoms with Crippen LogP contribution < -0.4 is 5.32 Å². The molecule has 0 spiro atoms. The minimum absolute atomic E-state index is 0.0773. The zero-order chi connectivity index (χ0) is 16.2. The van der Waals surface area contributed by atoms with E-state index in [2.05, 4.69) is 5.32 Å². The third-order valence-electron chi connectivity index (χ3n) is 2.92. The molecule has 0 aromatic heterocycles. The number of aliphatic carboxylic acids is 1. The van der Waals surface area contributed by atoms with E-state index in [9.17, 15) is 18.0 Å². The van der Waals surface area contributed by atoms with Crippen LogP contribution in [0.25, 0.3) is 0 Å². The van der Waals surface area contributed by atoms with Gasteiger partial charge >= 0.3 is 5.97 Å². The quantitative estimate of drug-likeness (QED) is 0.797. The Bertz CT molecular complexity index is 622. The van der Waals surface area contributed by atoms with Gasteiger partial charge < -0.3 is 10.4 Å². The molecule has 0 bridgehead atoms. The van der Waals surface area contributed by atoms with Gasteiger partial charge in [-0.25, -0.2) is 8.42 Å². The Kier molecular flexibility index (Phi) is 5.45. The van der Waals surface area contributed by atoms with E-state index < -0.39 is 28.4 Å². The van der Waals surface area contributed by atoms with E-state index in [1.807, 2.05) is 0 Å². The average Bonchev–Trinajstić information content (AvgIpc) is 2.43. The molecule has 1 aromatic rings. The SMILES string of the molecule is CC(C)N(C)S(=O)(=O)c1ccc(C(=O)NCC(=O)O)cc1. The van der Waals surface area contributed by atoms with Crippen molar-refractivity contribution in [3.05, 3.63) is 29.8 Å². The first-order valence-electron chi connectivity index (χ1n) is 6.24. The molecule has 0 unspecified atom stereocenters. The molecule has 0 atom stereocenters. The van der Waals surface area contributed by atoms with Gasteiger partial charge in [-0.2, -0.15) is 4.31 Å². The van der Waals surface area contributed by atoms with Crippen molar-refractivity contribution in [2.75, 3.05) is 13.6 Å². The van der Waals surface area contributed by atoms with Gasteiger partial charge in [0.05, 0.1) is 4.90 Å². The second-order valence-corrected chi connectivity index (χ2v) is 6.71. The third-order valence-corrected chi connectivity index (χ3v) is 4.97. The predicted molar refractivity (Wildman–Crippen MR) is 76.5 cm³/mol. The van der Waals surface area contributed by atoms with Crippen LogP contribution in [0.5, 0.6) is 0 Å². The normalized spacial score (nSPS) is 11.7. The number of hydrogen-bond acceptors (Lipinski definition) is 4. The lowest BCUT2D eigenvalue weighted by Gasteiger charge is -2.21. The number of carbonyl (C=O) groups excluding carboxylic acids is 1. The molecule has 1 aromatic carbocycles. The summed E-state index contributed by atoms with van der Waals surface area (Å²) in [6.07, 6.45) is 0. The monoisotopic (exact) mass is 314 g/mol. The minimum atomic E-state index is -3.60. The van der Waals surface area contributed by atoms with E-state index in [4.69, 9.17) is 5.11 Å². The number of benzene rings is 1. The number of sulfonamides is 1. The molecule has 1 rings (SSSR count). The Labute approximate surface area is 123 Å². The Hall–Kier alpha value is -1.93. The van der Waals surface area contributed by atoms with E-state index in [1.165, 1.54) is 35.6 Å². The van der Waals surface area contributed by atoms with Gasteiger partial charge in [0.2, 0.25) is 10.0 Å². The zero-order valence-electron chi connectivity index (χ0n) is 12.0. The molecular formula is C13H18N2O5S. The Morgan fingerprint density at radius 3 is 2.19 bits per heavy atom. The van der Waals surface area contributed by atoms with Crippen LogP contribution in [0.15, 0.2) is 29.2 Å². The number of amides is 1. The number of carboxylic acid groups (broad SMARTS) is 1. The average molecular weight is 314 g/mol. The summed E-state index contributed by atoms with van der Waals surface area (Å²) in [5, 5.41) is 10.7. The third kappa shape index (κ3) is 4.27. The maximum atomic E-state index is 12.2. The summed E-state index contributed by atoms with van der Waals surface area (Å²) in [6, 6.07) is 5.15. The Morgan fingerprint density at radius 2 is 1.76 bits per heavy atom. The van der Waals surface area contributed by atoms with E-state index in [0.717, 1.165) is 0 Å². The molecule has 116 valence electrons. The zero-order valence-corrected chi connectivity index (χ0v) is 12.8. The number of nitrogens with one attached hydrogen (secondary N) is 1. The fraction of sp³-hybridized carbons (Fsp3) is 0.385. The lowest BCUT2D eigenvalue weighted by molar-refractivity contribution is -0.135. The van der Waals surface area contributed by atoms with Crippen LogP contribution in [-0.4, -0.2) is 49.3 Å². The fourth-order valence-corrected chi connectivity index (χ4v) is 2.85. The fourth-order valence-electron chi connectivity index (χ4n) is 1.48. The van der Waals surface area contributed by atoms with Gasteiger partial charge in [0, 0.05) is 18.7 Å². The second-order valence-electron chi connectivity index (χ2n) is 4.72. The molecule has 0 aliphatic heterocycles. The lowest BCUT2D eigenvalue weighted by atomic mass is 10.2. The van der Waals surface area contributed by atoms with Crippen molar-refractivity contribution in [3.63, 3.8) is 0 Å². The van der Waals surface area contributed by atoms with Crippen molar-refractivity contribution >= 4 is 21.9 Å². The topological polar surface area (TPSA) is 104 Å². The molecule has 0 radical (unpaired) electrons. The van der Waals surface area contributed by atoms with E-state index >= 15 is 0 Å². The van der Waals surface area contributed by atoms with Gasteiger partial charge in [0.1, 0.15) is 6.54 Å². The highest BCUT2D eigenvalue weighted by molar-refractivity contribution is 7.89. The molecule has 0 saturated heterocycles. The first-order valence-corrected chi connectivity index (χ1v) is 7.68. The van der Waals surface area contributed by atoms with E-state index in [0.29, 0.717) is 0 Å². The smallest absolute Gasteiger partial charge is 0.322 e. The second kappa shape index (κ2) is 6.68. The van der Waals surface area contributed by atoms with Gasteiger partial charge in [-0.1, -0.05) is 0 Å². The van der Waals surface area contributed by atoms with Gasteiger partial charge in [-0.15, -0.1) is 0 Å². The highest BCUT2D eigenvalue weighted by Crippen LogP contribution is 2.17. The lowest BCUT2D eigenvalue weighted by Crippen LogP contribution is -2.33. The summed E-state index contributed by atoms with van der Waals surface area (Å²) in [6.45, 7) is 3.02. The van der Waals surface area contributed by atoms with Crippen LogP contribution in [-0.2, 0) is 14.8 Å². The van der Waals surface area contributed by atoms with Crippen LogP contribution in [0.1, 0.15) is 24.2 Å². The molecule has 2 N–H and O–H groups in total. The number of hydrogen-bond donors (Lipinski definition) is 2. The van der Waals surface area contributed by atoms with E-state index in [-0.39, 0.29) is 16.5 Å². The molecule has 0 aliphatic rings. The van der Waals surface area contributed by atoms with Crippen LogP contribution in [0, 0.1) is 0 Å². The molecule has 8 heteroatoms. The predicted octanol–water partition coefficient (Wildman–Crippen LogP) is 0.530. The highest BCUT2D eigenvalue weighted by Gasteiger charge is 2.23. The van der Waals surface area contributed by atoms with Gasteiger partial charge in [-0.05, 0) is 38.1 Å². The molecule has 7 nitrogen and oxygen atoms in total. The largest absolute Gasteiger partial charge is 0.480 e. The van der Waals surface area contributed by atoms with Gasteiger partial charge in [0.15, 0.2) is 0 Å². The van der Waals surface area contributed by atoms with Crippen molar-refractivity contribution in [1.29, 1.82) is 0 Å². The first-order chi connectivity index (χ1) is 9.66. The number of carbonyl (C=O) groups is 2. The summed E-state index contributed by atoms with van der Waals surface area (Å²) < 4.78 is 25.7. The summed E-state index contributed by atoms with van der Waals surface area (Å²) >= 11 is 0. The van der Waals surface area contributed by atoms with Gasteiger partial charge in [0.25, 0.3) is 5.91 Å². The molecule has 0 saturated carbocycles. The van der Waals surface area contributed by atoms with E-state index in [1.54, 1.807) is 13.8 Å².